The molecule has 158 valence electrons. The summed E-state index contributed by atoms with van der Waals surface area (Å²) in [6.07, 6.45) is 6.77. The third kappa shape index (κ3) is 5.00. The predicted molar refractivity (Wildman–Crippen MR) is 117 cm³/mol. The fraction of sp³-hybridized carbons (Fsp3) is 0.522. The van der Waals surface area contributed by atoms with Gasteiger partial charge in [0.05, 0.1) is 13.2 Å². The van der Waals surface area contributed by atoms with Crippen molar-refractivity contribution in [3.05, 3.63) is 30.5 Å². The Bertz CT molecular complexity index is 866. The molecule has 7 nitrogen and oxygen atoms in total. The molecule has 0 amide bonds. The van der Waals surface area contributed by atoms with Gasteiger partial charge in [-0.3, -0.25) is 0 Å². The number of ether oxygens (including phenoxy) is 2. The van der Waals surface area contributed by atoms with Gasteiger partial charge in [0.1, 0.15) is 17.6 Å². The first-order valence-corrected chi connectivity index (χ1v) is 10.8. The molecule has 0 radical (unpaired) electrons. The molecule has 1 N–H and O–H groups in total. The average molecular weight is 408 g/mol. The van der Waals surface area contributed by atoms with Crippen molar-refractivity contribution in [2.24, 2.45) is 5.92 Å². The van der Waals surface area contributed by atoms with Crippen molar-refractivity contribution >= 4 is 11.8 Å². The number of nitrogens with one attached hydrogen (secondary N) is 1. The molecule has 0 bridgehead atoms. The number of benzene rings is 1. The van der Waals surface area contributed by atoms with Gasteiger partial charge in [-0.25, -0.2) is 4.98 Å². The Hall–Kier alpha value is -2.85. The Balaban J connectivity index is 1.58. The van der Waals surface area contributed by atoms with Gasteiger partial charge < -0.3 is 19.7 Å². The van der Waals surface area contributed by atoms with Crippen molar-refractivity contribution in [1.82, 2.24) is 9.97 Å². The van der Waals surface area contributed by atoms with Crippen LogP contribution in [0.4, 0.5) is 11.8 Å². The lowest BCUT2D eigenvalue weighted by Gasteiger charge is -2.30. The van der Waals surface area contributed by atoms with Gasteiger partial charge in [-0.1, -0.05) is 19.1 Å². The van der Waals surface area contributed by atoms with Crippen molar-refractivity contribution in [3.63, 3.8) is 0 Å². The fourth-order valence-corrected chi connectivity index (χ4v) is 4.10. The number of hydrogen-bond acceptors (Lipinski definition) is 7. The van der Waals surface area contributed by atoms with Crippen molar-refractivity contribution in [2.45, 2.75) is 38.6 Å². The largest absolute Gasteiger partial charge is 0.479 e. The molecule has 2 aromatic rings. The predicted octanol–water partition coefficient (Wildman–Crippen LogP) is 3.87. The second-order valence-electron chi connectivity index (χ2n) is 8.10. The Morgan fingerprint density at radius 1 is 1.17 bits per heavy atom. The summed E-state index contributed by atoms with van der Waals surface area (Å²) in [7, 11) is 0. The van der Waals surface area contributed by atoms with Crippen LogP contribution >= 0.6 is 0 Å². The lowest BCUT2D eigenvalue weighted by molar-refractivity contribution is 0.122. The highest BCUT2D eigenvalue weighted by atomic mass is 16.5. The molecule has 1 aromatic carbocycles. The summed E-state index contributed by atoms with van der Waals surface area (Å²) in [6.45, 7) is 5.40. The third-order valence-electron chi connectivity index (χ3n) is 5.90. The summed E-state index contributed by atoms with van der Waals surface area (Å²) in [5, 5.41) is 12.2. The number of rotatable bonds is 6. The third-order valence-corrected chi connectivity index (χ3v) is 5.90. The van der Waals surface area contributed by atoms with Crippen LogP contribution in [0.3, 0.4) is 0 Å². The van der Waals surface area contributed by atoms with Crippen LogP contribution in [0.15, 0.2) is 30.5 Å². The van der Waals surface area contributed by atoms with Gasteiger partial charge in [-0.15, -0.1) is 0 Å². The normalized spacial score (nSPS) is 21.7. The zero-order valence-corrected chi connectivity index (χ0v) is 17.5. The number of morpholine rings is 1. The molecule has 1 aromatic heterocycles. The molecule has 1 saturated carbocycles. The van der Waals surface area contributed by atoms with Crippen LogP contribution in [0.1, 0.15) is 32.6 Å². The minimum atomic E-state index is 0.0434. The van der Waals surface area contributed by atoms with Gasteiger partial charge >= 0.3 is 0 Å². The van der Waals surface area contributed by atoms with Crippen LogP contribution in [-0.2, 0) is 4.74 Å². The molecule has 4 rings (SSSR count). The summed E-state index contributed by atoms with van der Waals surface area (Å²) in [5.74, 6) is 3.13. The van der Waals surface area contributed by atoms with E-state index in [2.05, 4.69) is 22.1 Å². The van der Waals surface area contributed by atoms with Gasteiger partial charge in [-0.2, -0.15) is 10.2 Å². The molecule has 2 aliphatic rings. The molecule has 2 heterocycles. The molecular weight excluding hydrogens is 378 g/mol. The Kier molecular flexibility index (Phi) is 6.65. The van der Waals surface area contributed by atoms with E-state index in [1.165, 1.54) is 25.7 Å². The Labute approximate surface area is 178 Å². The molecule has 2 fully saturated rings. The topological polar surface area (TPSA) is 83.3 Å². The maximum absolute atomic E-state index is 8.68. The Morgan fingerprint density at radius 2 is 1.90 bits per heavy atom. The monoisotopic (exact) mass is 407 g/mol. The summed E-state index contributed by atoms with van der Waals surface area (Å²) in [5.41, 5.74) is 2.02. The minimum Gasteiger partial charge on any atom is -0.479 e. The molecule has 1 aliphatic heterocycles. The number of hydrogen-bond donors (Lipinski definition) is 1. The van der Waals surface area contributed by atoms with Crippen LogP contribution in [-0.4, -0.2) is 48.9 Å². The fourth-order valence-electron chi connectivity index (χ4n) is 4.10. The highest BCUT2D eigenvalue weighted by molar-refractivity contribution is 5.76. The molecule has 30 heavy (non-hydrogen) atoms. The molecular formula is C23H29N5O2. The van der Waals surface area contributed by atoms with Crippen molar-refractivity contribution in [2.75, 3.05) is 43.1 Å². The van der Waals surface area contributed by atoms with E-state index in [1.54, 1.807) is 0 Å². The van der Waals surface area contributed by atoms with Crippen LogP contribution < -0.4 is 15.0 Å². The second kappa shape index (κ2) is 9.77. The SMILES string of the molecule is C[C@H]1CC[C@H](Nc2ncc(-c3ccc(OCC#N)cc3)c(N3CCOCC3)n2)CC1. The van der Waals surface area contributed by atoms with E-state index in [1.807, 2.05) is 36.5 Å². The quantitative estimate of drug-likeness (QED) is 0.778. The van der Waals surface area contributed by atoms with E-state index in [9.17, 15) is 0 Å². The lowest BCUT2D eigenvalue weighted by Crippen LogP contribution is -2.37. The van der Waals surface area contributed by atoms with Crippen molar-refractivity contribution in [3.8, 4) is 22.9 Å². The molecule has 0 spiro atoms. The number of nitrogens with zero attached hydrogens (tertiary/aromatic N) is 4. The van der Waals surface area contributed by atoms with Crippen LogP contribution in [0.25, 0.3) is 11.1 Å². The van der Waals surface area contributed by atoms with Gasteiger partial charge in [0.25, 0.3) is 0 Å². The zero-order valence-electron chi connectivity index (χ0n) is 17.5. The summed E-state index contributed by atoms with van der Waals surface area (Å²) in [6, 6.07) is 10.2. The van der Waals surface area contributed by atoms with E-state index in [0.29, 0.717) is 31.0 Å². The first-order chi connectivity index (χ1) is 14.7. The maximum Gasteiger partial charge on any atom is 0.224 e. The first kappa shape index (κ1) is 20.4. The van der Waals surface area contributed by atoms with E-state index < -0.39 is 0 Å². The highest BCUT2D eigenvalue weighted by Gasteiger charge is 2.22. The molecule has 1 saturated heterocycles. The lowest BCUT2D eigenvalue weighted by atomic mass is 9.87. The summed E-state index contributed by atoms with van der Waals surface area (Å²) < 4.78 is 10.9. The molecule has 7 heteroatoms. The van der Waals surface area contributed by atoms with Gasteiger partial charge in [-0.05, 0) is 49.3 Å². The number of anilines is 2. The van der Waals surface area contributed by atoms with Crippen LogP contribution in [0.2, 0.25) is 0 Å². The first-order valence-electron chi connectivity index (χ1n) is 10.8. The molecule has 0 atom stereocenters. The molecule has 1 aliphatic carbocycles. The number of nitriles is 1. The van der Waals surface area contributed by atoms with Crippen molar-refractivity contribution in [1.29, 1.82) is 5.26 Å². The second-order valence-corrected chi connectivity index (χ2v) is 8.10. The summed E-state index contributed by atoms with van der Waals surface area (Å²) in [4.78, 5) is 11.8. The molecule has 0 unspecified atom stereocenters. The average Bonchev–Trinajstić information content (AvgIpc) is 2.80. The van der Waals surface area contributed by atoms with Crippen molar-refractivity contribution < 1.29 is 9.47 Å². The van der Waals surface area contributed by atoms with Gasteiger partial charge in [0.15, 0.2) is 6.61 Å². The van der Waals surface area contributed by atoms with Gasteiger partial charge in [0, 0.05) is 30.9 Å². The maximum atomic E-state index is 8.68. The smallest absolute Gasteiger partial charge is 0.224 e. The minimum absolute atomic E-state index is 0.0434. The Morgan fingerprint density at radius 3 is 2.60 bits per heavy atom. The van der Waals surface area contributed by atoms with E-state index in [-0.39, 0.29) is 6.61 Å². The van der Waals surface area contributed by atoms with Crippen LogP contribution in [0, 0.1) is 17.2 Å². The van der Waals surface area contributed by atoms with Gasteiger partial charge in [0.2, 0.25) is 5.95 Å². The van der Waals surface area contributed by atoms with E-state index in [4.69, 9.17) is 19.7 Å². The van der Waals surface area contributed by atoms with E-state index >= 15 is 0 Å². The number of aromatic nitrogens is 2. The summed E-state index contributed by atoms with van der Waals surface area (Å²) >= 11 is 0. The zero-order chi connectivity index (χ0) is 20.8. The highest BCUT2D eigenvalue weighted by Crippen LogP contribution is 2.32. The van der Waals surface area contributed by atoms with E-state index in [0.717, 1.165) is 36.0 Å². The van der Waals surface area contributed by atoms with Crippen LogP contribution in [0.5, 0.6) is 5.75 Å². The standard InChI is InChI=1S/C23H29N5O2/c1-17-2-6-19(7-3-17)26-23-25-16-21(22(27-23)28-11-14-29-15-12-28)18-4-8-20(9-5-18)30-13-10-24/h4-5,8-9,16-17,19H,2-3,6-7,11-15H2,1H3,(H,25,26,27)/t17-,19-.